The normalized spacial score (nSPS) is 12.5. The molecule has 102 valence electrons. The van der Waals surface area contributed by atoms with Gasteiger partial charge in [-0.05, 0) is 43.7 Å². The van der Waals surface area contributed by atoms with E-state index < -0.39 is 0 Å². The number of rotatable bonds is 7. The largest absolute Gasteiger partial charge is 0.395 e. The molecule has 0 saturated carbocycles. The maximum absolute atomic E-state index is 13.4. The molecule has 0 spiro atoms. The summed E-state index contributed by atoms with van der Waals surface area (Å²) in [4.78, 5) is 1.94. The Morgan fingerprint density at radius 1 is 1.44 bits per heavy atom. The first-order valence-corrected chi connectivity index (χ1v) is 6.45. The van der Waals surface area contributed by atoms with Crippen LogP contribution in [-0.4, -0.2) is 31.9 Å². The van der Waals surface area contributed by atoms with Gasteiger partial charge in [0.15, 0.2) is 0 Å². The van der Waals surface area contributed by atoms with Crippen molar-refractivity contribution in [3.05, 3.63) is 29.6 Å². The second kappa shape index (κ2) is 7.34. The maximum Gasteiger partial charge on any atom is 0.123 e. The fourth-order valence-corrected chi connectivity index (χ4v) is 1.96. The third kappa shape index (κ3) is 3.96. The summed E-state index contributed by atoms with van der Waals surface area (Å²) in [5, 5.41) is 12.3. The summed E-state index contributed by atoms with van der Waals surface area (Å²) in [5.74, 6) is -0.226. The Kier molecular flexibility index (Phi) is 6.09. The van der Waals surface area contributed by atoms with Gasteiger partial charge in [0.2, 0.25) is 0 Å². The van der Waals surface area contributed by atoms with Crippen molar-refractivity contribution < 1.29 is 9.50 Å². The highest BCUT2D eigenvalue weighted by atomic mass is 19.1. The molecular formula is C14H23FN2O. The Balaban J connectivity index is 2.95. The molecule has 0 aliphatic rings. The maximum atomic E-state index is 13.4. The number of aliphatic hydroxyl groups excluding tert-OH is 1. The molecule has 0 aromatic heterocycles. The highest BCUT2D eigenvalue weighted by Gasteiger charge is 2.13. The van der Waals surface area contributed by atoms with Gasteiger partial charge in [0.25, 0.3) is 0 Å². The van der Waals surface area contributed by atoms with Crippen LogP contribution in [0.1, 0.15) is 31.9 Å². The van der Waals surface area contributed by atoms with Crippen LogP contribution in [-0.2, 0) is 0 Å². The lowest BCUT2D eigenvalue weighted by molar-refractivity contribution is 0.304. The van der Waals surface area contributed by atoms with E-state index in [4.69, 9.17) is 5.11 Å². The molecule has 1 atom stereocenters. The first-order chi connectivity index (χ1) is 8.60. The number of benzene rings is 1. The summed E-state index contributed by atoms with van der Waals surface area (Å²) < 4.78 is 13.4. The molecule has 0 fully saturated rings. The van der Waals surface area contributed by atoms with Gasteiger partial charge in [-0.15, -0.1) is 0 Å². The van der Waals surface area contributed by atoms with Crippen LogP contribution in [0.5, 0.6) is 0 Å². The minimum Gasteiger partial charge on any atom is -0.395 e. The van der Waals surface area contributed by atoms with Crippen LogP contribution >= 0.6 is 0 Å². The van der Waals surface area contributed by atoms with Gasteiger partial charge in [-0.2, -0.15) is 0 Å². The highest BCUT2D eigenvalue weighted by molar-refractivity contribution is 5.54. The van der Waals surface area contributed by atoms with Gasteiger partial charge < -0.3 is 15.3 Å². The second-order valence-electron chi connectivity index (χ2n) is 4.52. The highest BCUT2D eigenvalue weighted by Crippen LogP contribution is 2.26. The SMILES string of the molecule is CCCNC(C)c1cc(F)ccc1N(C)CCO. The van der Waals surface area contributed by atoms with E-state index in [2.05, 4.69) is 12.2 Å². The Labute approximate surface area is 109 Å². The molecule has 1 aromatic rings. The molecule has 1 aromatic carbocycles. The lowest BCUT2D eigenvalue weighted by Gasteiger charge is -2.25. The Hall–Kier alpha value is -1.13. The summed E-state index contributed by atoms with van der Waals surface area (Å²) in [6.07, 6.45) is 1.04. The van der Waals surface area contributed by atoms with E-state index >= 15 is 0 Å². The topological polar surface area (TPSA) is 35.5 Å². The minimum absolute atomic E-state index is 0.0874. The Bertz CT molecular complexity index is 371. The zero-order valence-corrected chi connectivity index (χ0v) is 11.4. The van der Waals surface area contributed by atoms with Crippen molar-refractivity contribution in [3.63, 3.8) is 0 Å². The molecule has 0 aliphatic carbocycles. The predicted molar refractivity (Wildman–Crippen MR) is 73.5 cm³/mol. The van der Waals surface area contributed by atoms with Crippen LogP contribution < -0.4 is 10.2 Å². The van der Waals surface area contributed by atoms with Crippen molar-refractivity contribution in [1.29, 1.82) is 0 Å². The van der Waals surface area contributed by atoms with E-state index in [1.165, 1.54) is 6.07 Å². The molecule has 1 unspecified atom stereocenters. The van der Waals surface area contributed by atoms with Gasteiger partial charge in [0.1, 0.15) is 5.82 Å². The molecule has 0 heterocycles. The van der Waals surface area contributed by atoms with Gasteiger partial charge in [-0.1, -0.05) is 6.92 Å². The van der Waals surface area contributed by atoms with Gasteiger partial charge in [-0.25, -0.2) is 4.39 Å². The number of aliphatic hydroxyl groups is 1. The predicted octanol–water partition coefficient (Wildman–Crippen LogP) is 2.31. The van der Waals surface area contributed by atoms with E-state index in [9.17, 15) is 4.39 Å². The summed E-state index contributed by atoms with van der Waals surface area (Å²) in [6.45, 7) is 5.66. The third-order valence-corrected chi connectivity index (χ3v) is 3.00. The average molecular weight is 254 g/mol. The number of anilines is 1. The van der Waals surface area contributed by atoms with Crippen molar-refractivity contribution >= 4 is 5.69 Å². The summed E-state index contributed by atoms with van der Waals surface area (Å²) in [7, 11) is 1.90. The molecule has 0 amide bonds. The van der Waals surface area contributed by atoms with Crippen molar-refractivity contribution in [2.45, 2.75) is 26.3 Å². The van der Waals surface area contributed by atoms with Crippen LogP contribution in [0.3, 0.4) is 0 Å². The molecule has 0 radical (unpaired) electrons. The van der Waals surface area contributed by atoms with Crippen molar-refractivity contribution in [1.82, 2.24) is 5.32 Å². The molecular weight excluding hydrogens is 231 g/mol. The molecule has 3 nitrogen and oxygen atoms in total. The number of likely N-dealkylation sites (N-methyl/N-ethyl adjacent to an activating group) is 1. The van der Waals surface area contributed by atoms with Crippen LogP contribution in [0.2, 0.25) is 0 Å². The average Bonchev–Trinajstić information content (AvgIpc) is 2.36. The van der Waals surface area contributed by atoms with E-state index in [0.29, 0.717) is 6.54 Å². The fourth-order valence-electron chi connectivity index (χ4n) is 1.96. The van der Waals surface area contributed by atoms with Crippen LogP contribution in [0.4, 0.5) is 10.1 Å². The molecule has 2 N–H and O–H groups in total. The first kappa shape index (κ1) is 14.9. The van der Waals surface area contributed by atoms with Crippen molar-refractivity contribution in [2.75, 3.05) is 31.6 Å². The fraction of sp³-hybridized carbons (Fsp3) is 0.571. The van der Waals surface area contributed by atoms with Crippen LogP contribution in [0.15, 0.2) is 18.2 Å². The quantitative estimate of drug-likeness (QED) is 0.784. The van der Waals surface area contributed by atoms with Gasteiger partial charge in [0.05, 0.1) is 6.61 Å². The minimum atomic E-state index is -0.226. The first-order valence-electron chi connectivity index (χ1n) is 6.45. The van der Waals surface area contributed by atoms with E-state index in [1.54, 1.807) is 12.1 Å². The van der Waals surface area contributed by atoms with Gasteiger partial charge >= 0.3 is 0 Å². The Morgan fingerprint density at radius 2 is 2.17 bits per heavy atom. The van der Waals surface area contributed by atoms with E-state index in [0.717, 1.165) is 24.2 Å². The smallest absolute Gasteiger partial charge is 0.123 e. The standard InChI is InChI=1S/C14H23FN2O/c1-4-7-16-11(2)13-10-12(15)5-6-14(13)17(3)8-9-18/h5-6,10-11,16,18H,4,7-9H2,1-3H3. The molecule has 0 saturated heterocycles. The number of halogens is 1. The summed E-state index contributed by atoms with van der Waals surface area (Å²) in [6, 6.07) is 4.89. The summed E-state index contributed by atoms with van der Waals surface area (Å²) >= 11 is 0. The number of nitrogens with zero attached hydrogens (tertiary/aromatic N) is 1. The van der Waals surface area contributed by atoms with Crippen LogP contribution in [0.25, 0.3) is 0 Å². The molecule has 0 bridgehead atoms. The second-order valence-corrected chi connectivity index (χ2v) is 4.52. The van der Waals surface area contributed by atoms with Gasteiger partial charge in [-0.3, -0.25) is 0 Å². The van der Waals surface area contributed by atoms with Gasteiger partial charge in [0, 0.05) is 25.3 Å². The summed E-state index contributed by atoms with van der Waals surface area (Å²) in [5.41, 5.74) is 1.89. The van der Waals surface area contributed by atoms with Crippen molar-refractivity contribution in [2.24, 2.45) is 0 Å². The molecule has 18 heavy (non-hydrogen) atoms. The van der Waals surface area contributed by atoms with Crippen molar-refractivity contribution in [3.8, 4) is 0 Å². The Morgan fingerprint density at radius 3 is 2.78 bits per heavy atom. The number of nitrogens with one attached hydrogen (secondary N) is 1. The number of hydrogen-bond donors (Lipinski definition) is 2. The monoisotopic (exact) mass is 254 g/mol. The lowest BCUT2D eigenvalue weighted by atomic mass is 10.0. The zero-order chi connectivity index (χ0) is 13.5. The van der Waals surface area contributed by atoms with E-state index in [1.807, 2.05) is 18.9 Å². The zero-order valence-electron chi connectivity index (χ0n) is 11.4. The molecule has 1 rings (SSSR count). The molecule has 4 heteroatoms. The van der Waals surface area contributed by atoms with E-state index in [-0.39, 0.29) is 18.5 Å². The lowest BCUT2D eigenvalue weighted by Crippen LogP contribution is -2.26. The van der Waals surface area contributed by atoms with Crippen LogP contribution in [0, 0.1) is 5.82 Å². The number of hydrogen-bond acceptors (Lipinski definition) is 3. The molecule has 0 aliphatic heterocycles. The third-order valence-electron chi connectivity index (χ3n) is 3.00.